The van der Waals surface area contributed by atoms with Gasteiger partial charge >= 0.3 is 7.12 Å². The average Bonchev–Trinajstić information content (AvgIpc) is 3.29. The second kappa shape index (κ2) is 8.74. The van der Waals surface area contributed by atoms with Gasteiger partial charge in [-0.2, -0.15) is 0 Å². The highest BCUT2D eigenvalue weighted by atomic mass is 16.5. The number of hydrogen-bond acceptors (Lipinski definition) is 7. The van der Waals surface area contributed by atoms with E-state index in [0.717, 1.165) is 16.7 Å². The van der Waals surface area contributed by atoms with Crippen LogP contribution in [0.3, 0.4) is 0 Å². The Kier molecular flexibility index (Phi) is 6.21. The summed E-state index contributed by atoms with van der Waals surface area (Å²) in [5, 5.41) is 29.5. The van der Waals surface area contributed by atoms with Gasteiger partial charge in [0, 0.05) is 7.05 Å². The maximum absolute atomic E-state index is 12.8. The molecule has 1 aromatic rings. The molecule has 2 amide bonds. The van der Waals surface area contributed by atoms with E-state index < -0.39 is 25.1 Å². The molecule has 2 aliphatic heterocycles. The van der Waals surface area contributed by atoms with Crippen LogP contribution in [0.5, 0.6) is 0 Å². The fourth-order valence-corrected chi connectivity index (χ4v) is 5.30. The maximum atomic E-state index is 12.8. The third-order valence-electron chi connectivity index (χ3n) is 6.75. The largest absolute Gasteiger partial charge is 0.459 e. The number of likely N-dealkylation sites (tertiary alicyclic amines) is 1. The Morgan fingerprint density at radius 2 is 2.00 bits per heavy atom. The van der Waals surface area contributed by atoms with E-state index in [9.17, 15) is 19.7 Å². The quantitative estimate of drug-likeness (QED) is 0.355. The Hall–Kier alpha value is -2.20. The second-order valence-electron chi connectivity index (χ2n) is 8.70. The minimum Gasteiger partial charge on any atom is -0.459 e. The maximum Gasteiger partial charge on any atom is 0.455 e. The fraction of sp³-hybridized carbons (Fsp3) is 0.545. The predicted molar refractivity (Wildman–Crippen MR) is 112 cm³/mol. The third-order valence-corrected chi connectivity index (χ3v) is 6.75. The molecule has 3 heterocycles. The van der Waals surface area contributed by atoms with Gasteiger partial charge in [0.1, 0.15) is 18.1 Å². The number of imide groups is 1. The summed E-state index contributed by atoms with van der Waals surface area (Å²) in [4.78, 5) is 26.5. The van der Waals surface area contributed by atoms with E-state index in [0.29, 0.717) is 30.8 Å². The first kappa shape index (κ1) is 22.0. The first-order chi connectivity index (χ1) is 14.8. The van der Waals surface area contributed by atoms with E-state index in [4.69, 9.17) is 14.2 Å². The molecule has 0 saturated carbocycles. The van der Waals surface area contributed by atoms with E-state index in [1.165, 1.54) is 11.9 Å². The summed E-state index contributed by atoms with van der Waals surface area (Å²) in [6, 6.07) is 3.51. The van der Waals surface area contributed by atoms with Crippen molar-refractivity contribution in [2.75, 3.05) is 13.7 Å². The number of fused-ring (bicyclic) bond motifs is 3. The van der Waals surface area contributed by atoms with Crippen LogP contribution in [0.15, 0.2) is 33.3 Å². The molecule has 4 rings (SSSR count). The Morgan fingerprint density at radius 3 is 2.68 bits per heavy atom. The fourth-order valence-electron chi connectivity index (χ4n) is 5.30. The number of aliphatic hydroxyl groups is 2. The van der Waals surface area contributed by atoms with Crippen molar-refractivity contribution in [1.29, 1.82) is 0 Å². The van der Waals surface area contributed by atoms with Crippen molar-refractivity contribution in [3.05, 3.63) is 40.4 Å². The zero-order valence-corrected chi connectivity index (χ0v) is 17.8. The Morgan fingerprint density at radius 1 is 1.23 bits per heavy atom. The minimum atomic E-state index is -1.02. The number of aliphatic hydroxyl groups excluding tert-OH is 2. The van der Waals surface area contributed by atoms with Crippen molar-refractivity contribution in [2.45, 2.75) is 45.2 Å². The zero-order chi connectivity index (χ0) is 22.3. The number of carbonyl (C=O) groups excluding carboxylic acids is 2. The molecule has 0 radical (unpaired) electrons. The third kappa shape index (κ3) is 4.03. The van der Waals surface area contributed by atoms with Gasteiger partial charge in [0.05, 0.1) is 24.5 Å². The first-order valence-corrected chi connectivity index (χ1v) is 10.7. The van der Waals surface area contributed by atoms with Crippen LogP contribution in [-0.4, -0.2) is 58.8 Å². The molecular weight excluding hydrogens is 401 g/mol. The number of rotatable bonds is 6. The van der Waals surface area contributed by atoms with Gasteiger partial charge in [0.25, 0.3) is 0 Å². The Bertz CT molecular complexity index is 936. The van der Waals surface area contributed by atoms with E-state index >= 15 is 0 Å². The molecule has 0 aromatic carbocycles. The Balaban J connectivity index is 1.56. The number of hydrogen-bond donors (Lipinski definition) is 3. The van der Waals surface area contributed by atoms with Crippen molar-refractivity contribution in [3.8, 4) is 0 Å². The van der Waals surface area contributed by atoms with E-state index in [1.54, 1.807) is 12.1 Å². The summed E-state index contributed by atoms with van der Waals surface area (Å²) in [5.74, 6) is -0.555. The van der Waals surface area contributed by atoms with Crippen LogP contribution in [0, 0.1) is 17.8 Å². The number of allylic oxidation sites excluding steroid dienone is 1. The molecule has 9 heteroatoms. The summed E-state index contributed by atoms with van der Waals surface area (Å²) >= 11 is 0. The van der Waals surface area contributed by atoms with Crippen LogP contribution >= 0.6 is 0 Å². The normalized spacial score (nSPS) is 29.0. The van der Waals surface area contributed by atoms with Crippen LogP contribution in [-0.2, 0) is 20.9 Å². The smallest absolute Gasteiger partial charge is 0.455 e. The highest BCUT2D eigenvalue weighted by molar-refractivity contribution is 6.43. The molecule has 1 aromatic heterocycles. The molecular formula is C22H28BNO7. The van der Waals surface area contributed by atoms with Crippen LogP contribution in [0.1, 0.15) is 37.7 Å². The highest BCUT2D eigenvalue weighted by Gasteiger charge is 2.56. The number of amides is 2. The molecule has 2 fully saturated rings. The monoisotopic (exact) mass is 429 g/mol. The summed E-state index contributed by atoms with van der Waals surface area (Å²) < 4.78 is 11.3. The second-order valence-corrected chi connectivity index (χ2v) is 8.70. The molecule has 31 heavy (non-hydrogen) atoms. The number of carbonyl (C=O) groups is 2. The number of nitrogens with zero attached hydrogens (tertiary/aromatic N) is 1. The van der Waals surface area contributed by atoms with Crippen LogP contribution in [0.25, 0.3) is 6.08 Å². The zero-order valence-electron chi connectivity index (χ0n) is 17.8. The minimum absolute atomic E-state index is 0.154. The average molecular weight is 429 g/mol. The topological polar surface area (TPSA) is 120 Å². The van der Waals surface area contributed by atoms with Crippen LogP contribution in [0.2, 0.25) is 6.32 Å². The van der Waals surface area contributed by atoms with E-state index in [1.807, 2.05) is 13.0 Å². The summed E-state index contributed by atoms with van der Waals surface area (Å²) in [6.07, 6.45) is 3.28. The lowest BCUT2D eigenvalue weighted by molar-refractivity contribution is -0.138. The van der Waals surface area contributed by atoms with Crippen molar-refractivity contribution in [2.24, 2.45) is 17.8 Å². The summed E-state index contributed by atoms with van der Waals surface area (Å²) in [5.41, 5.74) is 2.66. The molecule has 1 aliphatic carbocycles. The molecule has 3 aliphatic rings. The Labute approximate surface area is 181 Å². The van der Waals surface area contributed by atoms with Gasteiger partial charge in [-0.1, -0.05) is 5.57 Å². The molecule has 0 bridgehead atoms. The molecule has 8 nitrogen and oxygen atoms in total. The van der Waals surface area contributed by atoms with E-state index in [-0.39, 0.29) is 37.3 Å². The van der Waals surface area contributed by atoms with Crippen molar-refractivity contribution in [1.82, 2.24) is 4.90 Å². The molecule has 4 atom stereocenters. The van der Waals surface area contributed by atoms with Gasteiger partial charge in [-0.15, -0.1) is 0 Å². The standard InChI is InChI=1S/C22H28BNO7/c1-12(7-14-4-5-15(11-26)30-14)3-6-18-19-13(10-25)8-16-20(17(19)9-23(29)31-18)22(28)24(2)21(16)27/h4-5,7,16-18,20,25-26,29H,3,6,8-11H2,1-2H3/b12-7+/t16-,17+,18-,20-/m1/s1. The van der Waals surface area contributed by atoms with E-state index in [2.05, 4.69) is 0 Å². The van der Waals surface area contributed by atoms with Crippen molar-refractivity contribution in [3.63, 3.8) is 0 Å². The highest BCUT2D eigenvalue weighted by Crippen LogP contribution is 2.50. The molecule has 166 valence electrons. The van der Waals surface area contributed by atoms with Gasteiger partial charge < -0.3 is 24.3 Å². The molecule has 3 N–H and O–H groups in total. The van der Waals surface area contributed by atoms with Gasteiger partial charge in [-0.3, -0.25) is 14.5 Å². The van der Waals surface area contributed by atoms with Crippen LogP contribution in [0.4, 0.5) is 0 Å². The lowest BCUT2D eigenvalue weighted by Crippen LogP contribution is -2.46. The number of furan rings is 1. The van der Waals surface area contributed by atoms with Gasteiger partial charge in [-0.25, -0.2) is 0 Å². The summed E-state index contributed by atoms with van der Waals surface area (Å²) in [7, 11) is 0.479. The SMILES string of the molecule is C/C(=C\c1ccc(CO)o1)CC[C@H]1OB(O)C[C@H]2C1=C(CO)C[C@H]1C(=O)N(C)C(=O)[C@H]12. The van der Waals surface area contributed by atoms with Crippen molar-refractivity contribution < 1.29 is 33.9 Å². The molecule has 0 spiro atoms. The first-order valence-electron chi connectivity index (χ1n) is 10.7. The molecule has 0 unspecified atom stereocenters. The summed E-state index contributed by atoms with van der Waals surface area (Å²) in [6.45, 7) is 1.62. The predicted octanol–water partition coefficient (Wildman–Crippen LogP) is 1.37. The van der Waals surface area contributed by atoms with Gasteiger partial charge in [-0.05, 0) is 67.8 Å². The van der Waals surface area contributed by atoms with Gasteiger partial charge in [0.15, 0.2) is 0 Å². The van der Waals surface area contributed by atoms with Crippen LogP contribution < -0.4 is 0 Å². The van der Waals surface area contributed by atoms with Gasteiger partial charge in [0.2, 0.25) is 11.8 Å². The lowest BCUT2D eigenvalue weighted by atomic mass is 9.58. The molecule has 2 saturated heterocycles. The van der Waals surface area contributed by atoms with Crippen molar-refractivity contribution >= 4 is 25.0 Å². The lowest BCUT2D eigenvalue weighted by Gasteiger charge is -2.42.